The minimum atomic E-state index is 0.120. The lowest BCUT2D eigenvalue weighted by molar-refractivity contribution is -0.120. The van der Waals surface area contributed by atoms with Crippen molar-refractivity contribution < 1.29 is 4.79 Å². The lowest BCUT2D eigenvalue weighted by Gasteiger charge is -2.29. The normalized spacial score (nSPS) is 25.8. The van der Waals surface area contributed by atoms with Crippen molar-refractivity contribution in [3.05, 3.63) is 18.3 Å². The second-order valence-electron chi connectivity index (χ2n) is 6.03. The van der Waals surface area contributed by atoms with Crippen molar-refractivity contribution in [3.63, 3.8) is 0 Å². The van der Waals surface area contributed by atoms with E-state index >= 15 is 0 Å². The number of hydrogen-bond acceptors (Lipinski definition) is 5. The quantitative estimate of drug-likeness (QED) is 0.892. The number of carbonyl (C=O) groups excluding carboxylic acids is 1. The molecule has 2 saturated heterocycles. The maximum atomic E-state index is 12.3. The van der Waals surface area contributed by atoms with E-state index in [1.54, 1.807) is 0 Å². The van der Waals surface area contributed by atoms with Gasteiger partial charge in [-0.2, -0.15) is 11.8 Å². The largest absolute Gasteiger partial charge is 0.368 e. The van der Waals surface area contributed by atoms with Gasteiger partial charge in [0.1, 0.15) is 5.82 Å². The molecule has 120 valence electrons. The Balaban J connectivity index is 1.57. The monoisotopic (exact) mass is 320 g/mol. The number of carbonyl (C=O) groups is 1. The number of piperazine rings is 1. The van der Waals surface area contributed by atoms with Crippen LogP contribution in [-0.2, 0) is 4.79 Å². The van der Waals surface area contributed by atoms with Crippen LogP contribution in [0.25, 0.3) is 0 Å². The molecule has 2 aliphatic heterocycles. The lowest BCUT2D eigenvalue weighted by atomic mass is 9.99. The SMILES string of the molecule is CC1CC(C(=O)Nc2ccc(N3CCNCC3)cn2)CCS1. The summed E-state index contributed by atoms with van der Waals surface area (Å²) in [4.78, 5) is 19.0. The van der Waals surface area contributed by atoms with Crippen molar-refractivity contribution in [2.24, 2.45) is 5.92 Å². The van der Waals surface area contributed by atoms with Crippen molar-refractivity contribution in [2.75, 3.05) is 42.1 Å². The van der Waals surface area contributed by atoms with Gasteiger partial charge in [-0.1, -0.05) is 6.92 Å². The molecule has 3 rings (SSSR count). The van der Waals surface area contributed by atoms with E-state index in [2.05, 4.69) is 27.4 Å². The van der Waals surface area contributed by atoms with E-state index in [-0.39, 0.29) is 11.8 Å². The van der Waals surface area contributed by atoms with Crippen LogP contribution in [0, 0.1) is 5.92 Å². The average molecular weight is 320 g/mol. The molecule has 0 saturated carbocycles. The highest BCUT2D eigenvalue weighted by molar-refractivity contribution is 7.99. The Hall–Kier alpha value is -1.27. The molecule has 2 fully saturated rings. The molecule has 0 aliphatic carbocycles. The standard InChI is InChI=1S/C16H24N4OS/c1-12-10-13(4-9-22-12)16(21)19-15-3-2-14(11-18-15)20-7-5-17-6-8-20/h2-3,11-13,17H,4-10H2,1H3,(H,18,19,21). The molecule has 0 spiro atoms. The van der Waals surface area contributed by atoms with E-state index in [9.17, 15) is 4.79 Å². The fraction of sp³-hybridized carbons (Fsp3) is 0.625. The second-order valence-corrected chi connectivity index (χ2v) is 7.58. The zero-order chi connectivity index (χ0) is 15.4. The summed E-state index contributed by atoms with van der Waals surface area (Å²) in [6, 6.07) is 3.96. The smallest absolute Gasteiger partial charge is 0.228 e. The molecule has 1 amide bonds. The first-order chi connectivity index (χ1) is 10.7. The third-order valence-corrected chi connectivity index (χ3v) is 5.57. The van der Waals surface area contributed by atoms with Gasteiger partial charge in [-0.15, -0.1) is 0 Å². The van der Waals surface area contributed by atoms with Crippen LogP contribution in [0.5, 0.6) is 0 Å². The number of aromatic nitrogens is 1. The number of anilines is 2. The minimum Gasteiger partial charge on any atom is -0.368 e. The Morgan fingerprint density at radius 1 is 1.41 bits per heavy atom. The maximum absolute atomic E-state index is 12.3. The fourth-order valence-corrected chi connectivity index (χ4v) is 4.23. The van der Waals surface area contributed by atoms with Crippen LogP contribution < -0.4 is 15.5 Å². The fourth-order valence-electron chi connectivity index (χ4n) is 3.03. The highest BCUT2D eigenvalue weighted by Crippen LogP contribution is 2.30. The molecule has 1 aromatic rings. The zero-order valence-corrected chi connectivity index (χ0v) is 13.9. The number of rotatable bonds is 3. The van der Waals surface area contributed by atoms with Crippen molar-refractivity contribution in [1.82, 2.24) is 10.3 Å². The predicted octanol–water partition coefficient (Wildman–Crippen LogP) is 1.96. The molecule has 0 aromatic carbocycles. The van der Waals surface area contributed by atoms with Gasteiger partial charge in [0.2, 0.25) is 5.91 Å². The summed E-state index contributed by atoms with van der Waals surface area (Å²) in [6.07, 6.45) is 3.80. The molecular formula is C16H24N4OS. The number of nitrogens with one attached hydrogen (secondary N) is 2. The van der Waals surface area contributed by atoms with Crippen LogP contribution in [0.1, 0.15) is 19.8 Å². The Morgan fingerprint density at radius 2 is 2.23 bits per heavy atom. The van der Waals surface area contributed by atoms with Gasteiger partial charge in [-0.05, 0) is 30.7 Å². The number of nitrogens with zero attached hydrogens (tertiary/aromatic N) is 2. The molecule has 2 atom stereocenters. The van der Waals surface area contributed by atoms with Crippen LogP contribution in [-0.4, -0.2) is 48.1 Å². The topological polar surface area (TPSA) is 57.3 Å². The van der Waals surface area contributed by atoms with Gasteiger partial charge in [-0.3, -0.25) is 4.79 Å². The summed E-state index contributed by atoms with van der Waals surface area (Å²) < 4.78 is 0. The molecule has 1 aromatic heterocycles. The first-order valence-corrected chi connectivity index (χ1v) is 9.11. The lowest BCUT2D eigenvalue weighted by Crippen LogP contribution is -2.43. The third kappa shape index (κ3) is 3.93. The van der Waals surface area contributed by atoms with Crippen LogP contribution >= 0.6 is 11.8 Å². The predicted molar refractivity (Wildman–Crippen MR) is 92.6 cm³/mol. The summed E-state index contributed by atoms with van der Waals surface area (Å²) >= 11 is 1.96. The van der Waals surface area contributed by atoms with E-state index in [4.69, 9.17) is 0 Å². The highest BCUT2D eigenvalue weighted by Gasteiger charge is 2.25. The van der Waals surface area contributed by atoms with Crippen molar-refractivity contribution in [3.8, 4) is 0 Å². The third-order valence-electron chi connectivity index (χ3n) is 4.34. The summed E-state index contributed by atoms with van der Waals surface area (Å²) in [5.74, 6) is 1.99. The van der Waals surface area contributed by atoms with Gasteiger partial charge in [0.05, 0.1) is 11.9 Å². The first-order valence-electron chi connectivity index (χ1n) is 8.06. The summed E-state index contributed by atoms with van der Waals surface area (Å²) in [7, 11) is 0. The van der Waals surface area contributed by atoms with Crippen LogP contribution in [0.2, 0.25) is 0 Å². The Morgan fingerprint density at radius 3 is 2.91 bits per heavy atom. The zero-order valence-electron chi connectivity index (χ0n) is 13.0. The summed E-state index contributed by atoms with van der Waals surface area (Å²) in [5.41, 5.74) is 1.13. The molecule has 5 nitrogen and oxygen atoms in total. The molecule has 2 N–H and O–H groups in total. The van der Waals surface area contributed by atoms with Gasteiger partial charge in [0.15, 0.2) is 0 Å². The van der Waals surface area contributed by atoms with Crippen LogP contribution in [0.3, 0.4) is 0 Å². The van der Waals surface area contributed by atoms with Gasteiger partial charge >= 0.3 is 0 Å². The molecular weight excluding hydrogens is 296 g/mol. The summed E-state index contributed by atoms with van der Waals surface area (Å²) in [6.45, 7) is 6.23. The Kier molecular flexibility index (Phi) is 5.20. The van der Waals surface area contributed by atoms with Crippen molar-refractivity contribution in [1.29, 1.82) is 0 Å². The van der Waals surface area contributed by atoms with Gasteiger partial charge in [-0.25, -0.2) is 4.98 Å². The number of hydrogen-bond donors (Lipinski definition) is 2. The average Bonchev–Trinajstić information content (AvgIpc) is 2.56. The van der Waals surface area contributed by atoms with E-state index < -0.39 is 0 Å². The number of pyridine rings is 1. The molecule has 3 heterocycles. The Bertz CT molecular complexity index is 501. The van der Waals surface area contributed by atoms with Gasteiger partial charge in [0, 0.05) is 37.3 Å². The number of amides is 1. The number of thioether (sulfide) groups is 1. The molecule has 2 unspecified atom stereocenters. The van der Waals surface area contributed by atoms with Crippen molar-refractivity contribution >= 4 is 29.2 Å². The molecule has 22 heavy (non-hydrogen) atoms. The second kappa shape index (κ2) is 7.33. The molecule has 0 radical (unpaired) electrons. The first kappa shape index (κ1) is 15.6. The maximum Gasteiger partial charge on any atom is 0.228 e. The van der Waals surface area contributed by atoms with E-state index in [1.807, 2.05) is 30.1 Å². The van der Waals surface area contributed by atoms with Crippen LogP contribution in [0.4, 0.5) is 11.5 Å². The van der Waals surface area contributed by atoms with Crippen molar-refractivity contribution in [2.45, 2.75) is 25.0 Å². The van der Waals surface area contributed by atoms with E-state index in [0.717, 1.165) is 50.5 Å². The Labute approximate surface area is 136 Å². The van der Waals surface area contributed by atoms with Gasteiger partial charge in [0.25, 0.3) is 0 Å². The van der Waals surface area contributed by atoms with E-state index in [1.165, 1.54) is 0 Å². The summed E-state index contributed by atoms with van der Waals surface area (Å²) in [5, 5.41) is 6.89. The van der Waals surface area contributed by atoms with E-state index in [0.29, 0.717) is 11.1 Å². The highest BCUT2D eigenvalue weighted by atomic mass is 32.2. The van der Waals surface area contributed by atoms with Crippen LogP contribution in [0.15, 0.2) is 18.3 Å². The van der Waals surface area contributed by atoms with Gasteiger partial charge < -0.3 is 15.5 Å². The molecule has 2 aliphatic rings. The molecule has 6 heteroatoms. The minimum absolute atomic E-state index is 0.120. The molecule has 0 bridgehead atoms.